The van der Waals surface area contributed by atoms with Gasteiger partial charge < -0.3 is 10.6 Å². The minimum absolute atomic E-state index is 0.197. The fraction of sp³-hybridized carbons (Fsp3) is 0.444. The number of likely N-dealkylation sites (N-methyl/N-ethyl adjacent to an activating group) is 1. The maximum absolute atomic E-state index is 12.7. The SMILES string of the molecule is CNC(=O)C=CCNC(=O)c1ccc(S(=O)(=O)N2CCC(C)CC2)cc1. The highest BCUT2D eigenvalue weighted by atomic mass is 32.2. The molecule has 0 saturated carbocycles. The zero-order valence-corrected chi connectivity index (χ0v) is 15.9. The zero-order chi connectivity index (χ0) is 19.2. The first-order valence-corrected chi connectivity index (χ1v) is 10.0. The Balaban J connectivity index is 1.97. The number of hydrogen-bond acceptors (Lipinski definition) is 4. The largest absolute Gasteiger partial charge is 0.356 e. The third-order valence-corrected chi connectivity index (χ3v) is 6.31. The summed E-state index contributed by atoms with van der Waals surface area (Å²) in [7, 11) is -2.00. The number of nitrogens with zero attached hydrogens (tertiary/aromatic N) is 1. The van der Waals surface area contributed by atoms with E-state index in [0.29, 0.717) is 24.6 Å². The van der Waals surface area contributed by atoms with E-state index in [2.05, 4.69) is 17.6 Å². The van der Waals surface area contributed by atoms with E-state index in [1.165, 1.54) is 47.8 Å². The van der Waals surface area contributed by atoms with E-state index in [0.717, 1.165) is 12.8 Å². The van der Waals surface area contributed by atoms with Crippen LogP contribution in [0, 0.1) is 5.92 Å². The third kappa shape index (κ3) is 5.15. The van der Waals surface area contributed by atoms with Crippen LogP contribution in [0.15, 0.2) is 41.3 Å². The molecule has 1 aliphatic rings. The Labute approximate surface area is 154 Å². The minimum atomic E-state index is -3.52. The summed E-state index contributed by atoms with van der Waals surface area (Å²) in [6.45, 7) is 3.40. The number of sulfonamides is 1. The van der Waals surface area contributed by atoms with Crippen LogP contribution in [0.2, 0.25) is 0 Å². The van der Waals surface area contributed by atoms with Crippen LogP contribution >= 0.6 is 0 Å². The molecule has 0 radical (unpaired) electrons. The smallest absolute Gasteiger partial charge is 0.251 e. The Morgan fingerprint density at radius 1 is 1.19 bits per heavy atom. The molecule has 1 fully saturated rings. The molecule has 0 spiro atoms. The average molecular weight is 379 g/mol. The molecule has 2 rings (SSSR count). The van der Waals surface area contributed by atoms with Gasteiger partial charge >= 0.3 is 0 Å². The predicted octanol–water partition coefficient (Wildman–Crippen LogP) is 1.14. The molecule has 0 atom stereocenters. The number of amides is 2. The van der Waals surface area contributed by atoms with E-state index >= 15 is 0 Å². The highest BCUT2D eigenvalue weighted by Crippen LogP contribution is 2.23. The van der Waals surface area contributed by atoms with E-state index in [1.54, 1.807) is 0 Å². The Morgan fingerprint density at radius 2 is 1.81 bits per heavy atom. The molecular weight excluding hydrogens is 354 g/mol. The highest BCUT2D eigenvalue weighted by molar-refractivity contribution is 7.89. The van der Waals surface area contributed by atoms with Gasteiger partial charge in [0.25, 0.3) is 5.91 Å². The van der Waals surface area contributed by atoms with E-state index in [4.69, 9.17) is 0 Å². The maximum Gasteiger partial charge on any atom is 0.251 e. The topological polar surface area (TPSA) is 95.6 Å². The van der Waals surface area contributed by atoms with Crippen molar-refractivity contribution in [3.05, 3.63) is 42.0 Å². The maximum atomic E-state index is 12.7. The van der Waals surface area contributed by atoms with E-state index in [1.807, 2.05) is 0 Å². The van der Waals surface area contributed by atoms with Gasteiger partial charge in [0, 0.05) is 38.3 Å². The standard InChI is InChI=1S/C18H25N3O4S/c1-14-9-12-21(13-10-14)26(24,25)16-7-5-15(6-8-16)18(23)20-11-3-4-17(22)19-2/h3-8,14H,9-13H2,1-2H3,(H,19,22)(H,20,23). The summed E-state index contributed by atoms with van der Waals surface area (Å²) in [4.78, 5) is 23.3. The van der Waals surface area contributed by atoms with Gasteiger partial charge in [-0.3, -0.25) is 9.59 Å². The minimum Gasteiger partial charge on any atom is -0.356 e. The van der Waals surface area contributed by atoms with Gasteiger partial charge in [-0.05, 0) is 43.0 Å². The molecule has 0 aromatic heterocycles. The van der Waals surface area contributed by atoms with Crippen LogP contribution < -0.4 is 10.6 Å². The van der Waals surface area contributed by atoms with Crippen molar-refractivity contribution in [2.45, 2.75) is 24.7 Å². The van der Waals surface area contributed by atoms with Crippen LogP contribution in [0.3, 0.4) is 0 Å². The fourth-order valence-electron chi connectivity index (χ4n) is 2.66. The Kier molecular flexibility index (Phi) is 6.93. The molecule has 1 saturated heterocycles. The molecule has 142 valence electrons. The number of nitrogens with one attached hydrogen (secondary N) is 2. The molecule has 1 aromatic carbocycles. The van der Waals surface area contributed by atoms with E-state index in [-0.39, 0.29) is 23.3 Å². The quantitative estimate of drug-likeness (QED) is 0.725. The van der Waals surface area contributed by atoms with Crippen molar-refractivity contribution >= 4 is 21.8 Å². The van der Waals surface area contributed by atoms with Gasteiger partial charge in [-0.1, -0.05) is 13.0 Å². The van der Waals surface area contributed by atoms with Crippen LogP contribution in [0.4, 0.5) is 0 Å². The van der Waals surface area contributed by atoms with Crippen molar-refractivity contribution in [3.8, 4) is 0 Å². The van der Waals surface area contributed by atoms with E-state index < -0.39 is 10.0 Å². The Morgan fingerprint density at radius 3 is 2.38 bits per heavy atom. The third-order valence-electron chi connectivity index (χ3n) is 4.39. The molecule has 1 aromatic rings. The number of carbonyl (C=O) groups excluding carboxylic acids is 2. The van der Waals surface area contributed by atoms with Crippen LogP contribution in [0.25, 0.3) is 0 Å². The lowest BCUT2D eigenvalue weighted by atomic mass is 10.0. The average Bonchev–Trinajstić information content (AvgIpc) is 2.65. The Bertz CT molecular complexity index is 764. The summed E-state index contributed by atoms with van der Waals surface area (Å²) in [5.74, 6) is -0.0341. The molecule has 7 nitrogen and oxygen atoms in total. The lowest BCUT2D eigenvalue weighted by molar-refractivity contribution is -0.116. The van der Waals surface area contributed by atoms with E-state index in [9.17, 15) is 18.0 Å². The van der Waals surface area contributed by atoms with Gasteiger partial charge in [0.15, 0.2) is 0 Å². The van der Waals surface area contributed by atoms with Gasteiger partial charge in [-0.15, -0.1) is 0 Å². The lowest BCUT2D eigenvalue weighted by Gasteiger charge is -2.29. The zero-order valence-electron chi connectivity index (χ0n) is 15.1. The van der Waals surface area contributed by atoms with Gasteiger partial charge in [0.05, 0.1) is 4.90 Å². The number of hydrogen-bond donors (Lipinski definition) is 2. The first-order valence-electron chi connectivity index (χ1n) is 8.61. The highest BCUT2D eigenvalue weighted by Gasteiger charge is 2.28. The van der Waals surface area contributed by atoms with Crippen LogP contribution in [0.5, 0.6) is 0 Å². The number of benzene rings is 1. The molecule has 1 aliphatic heterocycles. The van der Waals surface area contributed by atoms with Crippen molar-refractivity contribution in [2.24, 2.45) is 5.92 Å². The van der Waals surface area contributed by atoms with Gasteiger partial charge in [0.2, 0.25) is 15.9 Å². The molecule has 0 bridgehead atoms. The molecule has 8 heteroatoms. The van der Waals surface area contributed by atoms with Crippen LogP contribution in [-0.2, 0) is 14.8 Å². The summed E-state index contributed by atoms with van der Waals surface area (Å²) in [6, 6.07) is 5.92. The van der Waals surface area contributed by atoms with Gasteiger partial charge in [0.1, 0.15) is 0 Å². The summed E-state index contributed by atoms with van der Waals surface area (Å²) in [6.07, 6.45) is 4.59. The number of carbonyl (C=O) groups is 2. The van der Waals surface area contributed by atoms with Gasteiger partial charge in [-0.25, -0.2) is 8.42 Å². The normalized spacial score (nSPS) is 16.5. The molecule has 2 amide bonds. The molecule has 2 N–H and O–H groups in total. The lowest BCUT2D eigenvalue weighted by Crippen LogP contribution is -2.37. The first kappa shape index (κ1) is 20.1. The van der Waals surface area contributed by atoms with Crippen molar-refractivity contribution in [3.63, 3.8) is 0 Å². The summed E-state index contributed by atoms with van der Waals surface area (Å²) in [5, 5.41) is 5.07. The molecule has 1 heterocycles. The van der Waals surface area contributed by atoms with Crippen LogP contribution in [0.1, 0.15) is 30.1 Å². The second-order valence-corrected chi connectivity index (χ2v) is 8.28. The van der Waals surface area contributed by atoms with Crippen LogP contribution in [-0.4, -0.2) is 51.2 Å². The second-order valence-electron chi connectivity index (χ2n) is 6.34. The number of rotatable bonds is 6. The summed E-state index contributed by atoms with van der Waals surface area (Å²) < 4.78 is 26.8. The molecule has 0 aliphatic carbocycles. The molecular formula is C18H25N3O4S. The Hall–Kier alpha value is -2.19. The first-order chi connectivity index (χ1) is 12.3. The van der Waals surface area contributed by atoms with Crippen molar-refractivity contribution in [2.75, 3.05) is 26.7 Å². The monoisotopic (exact) mass is 379 g/mol. The van der Waals surface area contributed by atoms with Crippen molar-refractivity contribution < 1.29 is 18.0 Å². The van der Waals surface area contributed by atoms with Crippen molar-refractivity contribution in [1.29, 1.82) is 0 Å². The number of piperidine rings is 1. The van der Waals surface area contributed by atoms with Gasteiger partial charge in [-0.2, -0.15) is 4.31 Å². The van der Waals surface area contributed by atoms with Crippen molar-refractivity contribution in [1.82, 2.24) is 14.9 Å². The summed E-state index contributed by atoms with van der Waals surface area (Å²) >= 11 is 0. The molecule has 26 heavy (non-hydrogen) atoms. The fourth-order valence-corrected chi connectivity index (χ4v) is 4.13. The molecule has 0 unspecified atom stereocenters. The predicted molar refractivity (Wildman–Crippen MR) is 99.1 cm³/mol. The summed E-state index contributed by atoms with van der Waals surface area (Å²) in [5.41, 5.74) is 0.365. The second kappa shape index (κ2) is 8.95.